The van der Waals surface area contributed by atoms with Crippen molar-refractivity contribution in [1.29, 1.82) is 0 Å². The summed E-state index contributed by atoms with van der Waals surface area (Å²) in [7, 11) is 0. The second-order valence-corrected chi connectivity index (χ2v) is 4.08. The van der Waals surface area contributed by atoms with E-state index in [2.05, 4.69) is 15.9 Å². The lowest BCUT2D eigenvalue weighted by molar-refractivity contribution is -0.113. The maximum Gasteiger partial charge on any atom is 0.186 e. The lowest BCUT2D eigenvalue weighted by Crippen LogP contribution is -2.06. The summed E-state index contributed by atoms with van der Waals surface area (Å²) in [5, 5.41) is 0. The topological polar surface area (TPSA) is 34.1 Å². The highest BCUT2D eigenvalue weighted by molar-refractivity contribution is 9.10. The van der Waals surface area contributed by atoms with Crippen LogP contribution in [0.5, 0.6) is 0 Å². The molecule has 0 radical (unpaired) electrons. The molecule has 0 unspecified atom stereocenters. The van der Waals surface area contributed by atoms with Gasteiger partial charge < -0.3 is 0 Å². The molecule has 0 aliphatic heterocycles. The zero-order valence-electron chi connectivity index (χ0n) is 7.74. The van der Waals surface area contributed by atoms with Gasteiger partial charge in [0.15, 0.2) is 11.6 Å². The Morgan fingerprint density at radius 2 is 1.87 bits per heavy atom. The molecule has 74 valence electrons. The van der Waals surface area contributed by atoms with E-state index in [0.29, 0.717) is 5.57 Å². The van der Waals surface area contributed by atoms with E-state index in [1.54, 1.807) is 6.07 Å². The van der Waals surface area contributed by atoms with Crippen molar-refractivity contribution in [3.8, 4) is 0 Å². The quantitative estimate of drug-likeness (QED) is 0.729. The van der Waals surface area contributed by atoms with Crippen LogP contribution in [-0.2, 0) is 9.59 Å². The van der Waals surface area contributed by atoms with E-state index >= 15 is 0 Å². The van der Waals surface area contributed by atoms with Crippen molar-refractivity contribution >= 4 is 33.1 Å². The zero-order chi connectivity index (χ0) is 10.8. The summed E-state index contributed by atoms with van der Waals surface area (Å²) >= 11 is 3.32. The molecular weight excluding hydrogens is 256 g/mol. The predicted molar refractivity (Wildman–Crippen MR) is 61.3 cm³/mol. The SMILES string of the molecule is O=C1C=CC(=O)C(c2cccc(Br)c2)=C1. The Balaban J connectivity index is 2.47. The molecule has 3 heteroatoms. The maximum absolute atomic E-state index is 11.5. The fourth-order valence-electron chi connectivity index (χ4n) is 1.39. The summed E-state index contributed by atoms with van der Waals surface area (Å²) in [6.07, 6.45) is 3.95. The fourth-order valence-corrected chi connectivity index (χ4v) is 1.79. The Morgan fingerprint density at radius 3 is 2.60 bits per heavy atom. The third kappa shape index (κ3) is 2.13. The molecule has 0 atom stereocenters. The van der Waals surface area contributed by atoms with Gasteiger partial charge in [0.25, 0.3) is 0 Å². The highest BCUT2D eigenvalue weighted by atomic mass is 79.9. The molecular formula is C12H7BrO2. The number of ketones is 2. The Kier molecular flexibility index (Phi) is 2.64. The first-order valence-corrected chi connectivity index (χ1v) is 5.20. The second-order valence-electron chi connectivity index (χ2n) is 3.17. The number of carbonyl (C=O) groups is 2. The molecule has 2 rings (SSSR count). The van der Waals surface area contributed by atoms with Crippen LogP contribution in [0.3, 0.4) is 0 Å². The number of benzene rings is 1. The van der Waals surface area contributed by atoms with E-state index < -0.39 is 0 Å². The molecule has 1 aliphatic carbocycles. The monoisotopic (exact) mass is 262 g/mol. The molecule has 0 aromatic heterocycles. The van der Waals surface area contributed by atoms with Crippen LogP contribution in [0.15, 0.2) is 47.0 Å². The van der Waals surface area contributed by atoms with Gasteiger partial charge >= 0.3 is 0 Å². The third-order valence-corrected chi connectivity index (χ3v) is 2.58. The van der Waals surface area contributed by atoms with E-state index in [4.69, 9.17) is 0 Å². The molecule has 0 bridgehead atoms. The van der Waals surface area contributed by atoms with Gasteiger partial charge in [-0.3, -0.25) is 9.59 Å². The fraction of sp³-hybridized carbons (Fsp3) is 0. The van der Waals surface area contributed by atoms with Crippen LogP contribution >= 0.6 is 15.9 Å². The van der Waals surface area contributed by atoms with Crippen molar-refractivity contribution < 1.29 is 9.59 Å². The van der Waals surface area contributed by atoms with Gasteiger partial charge in [-0.2, -0.15) is 0 Å². The van der Waals surface area contributed by atoms with Gasteiger partial charge in [0.2, 0.25) is 0 Å². The van der Waals surface area contributed by atoms with Crippen LogP contribution < -0.4 is 0 Å². The smallest absolute Gasteiger partial charge is 0.186 e. The van der Waals surface area contributed by atoms with E-state index in [1.807, 2.05) is 18.2 Å². The lowest BCUT2D eigenvalue weighted by Gasteiger charge is -2.06. The summed E-state index contributed by atoms with van der Waals surface area (Å²) in [4.78, 5) is 22.7. The highest BCUT2D eigenvalue weighted by Gasteiger charge is 2.14. The molecule has 2 nitrogen and oxygen atoms in total. The molecule has 1 aromatic carbocycles. The first kappa shape index (κ1) is 10.1. The number of allylic oxidation sites excluding steroid dienone is 4. The van der Waals surface area contributed by atoms with Crippen molar-refractivity contribution in [1.82, 2.24) is 0 Å². The summed E-state index contributed by atoms with van der Waals surface area (Å²) in [5.74, 6) is -0.280. The summed E-state index contributed by atoms with van der Waals surface area (Å²) in [6, 6.07) is 7.32. The first-order chi connectivity index (χ1) is 7.16. The zero-order valence-corrected chi connectivity index (χ0v) is 9.32. The molecule has 0 amide bonds. The van der Waals surface area contributed by atoms with Gasteiger partial charge in [0, 0.05) is 10.0 Å². The van der Waals surface area contributed by atoms with Gasteiger partial charge in [-0.05, 0) is 35.9 Å². The number of hydrogen-bond donors (Lipinski definition) is 0. The minimum Gasteiger partial charge on any atom is -0.290 e. The van der Waals surface area contributed by atoms with Gasteiger partial charge in [-0.15, -0.1) is 0 Å². The number of rotatable bonds is 1. The van der Waals surface area contributed by atoms with Crippen molar-refractivity contribution in [2.75, 3.05) is 0 Å². The molecule has 15 heavy (non-hydrogen) atoms. The minimum absolute atomic E-state index is 0.132. The number of hydrogen-bond acceptors (Lipinski definition) is 2. The standard InChI is InChI=1S/C12H7BrO2/c13-9-3-1-2-8(6-9)11-7-10(14)4-5-12(11)15/h1-7H. The molecule has 0 saturated carbocycles. The Bertz CT molecular complexity index is 498. The average molecular weight is 263 g/mol. The van der Waals surface area contributed by atoms with E-state index in [9.17, 15) is 9.59 Å². The summed E-state index contributed by atoms with van der Waals surface area (Å²) in [6.45, 7) is 0. The van der Waals surface area contributed by atoms with Gasteiger partial charge in [0.1, 0.15) is 0 Å². The first-order valence-electron chi connectivity index (χ1n) is 4.41. The van der Waals surface area contributed by atoms with Crippen LogP contribution in [0, 0.1) is 0 Å². The van der Waals surface area contributed by atoms with Crippen LogP contribution in [0.25, 0.3) is 5.57 Å². The van der Waals surface area contributed by atoms with E-state index in [0.717, 1.165) is 10.0 Å². The van der Waals surface area contributed by atoms with Gasteiger partial charge in [0.05, 0.1) is 0 Å². The normalized spacial score (nSPS) is 15.4. The summed E-state index contributed by atoms with van der Waals surface area (Å²) in [5.41, 5.74) is 1.20. The van der Waals surface area contributed by atoms with Crippen molar-refractivity contribution in [3.05, 3.63) is 52.5 Å². The Labute approximate surface area is 95.4 Å². The van der Waals surface area contributed by atoms with Crippen LogP contribution in [0.4, 0.5) is 0 Å². The lowest BCUT2D eigenvalue weighted by atomic mass is 9.96. The van der Waals surface area contributed by atoms with E-state index in [1.165, 1.54) is 18.2 Å². The van der Waals surface area contributed by atoms with Crippen molar-refractivity contribution in [2.45, 2.75) is 0 Å². The Morgan fingerprint density at radius 1 is 1.07 bits per heavy atom. The highest BCUT2D eigenvalue weighted by Crippen LogP contribution is 2.22. The van der Waals surface area contributed by atoms with Crippen molar-refractivity contribution in [2.24, 2.45) is 0 Å². The minimum atomic E-state index is -0.149. The van der Waals surface area contributed by atoms with Crippen LogP contribution in [0.1, 0.15) is 5.56 Å². The third-order valence-electron chi connectivity index (χ3n) is 2.09. The Hall–Kier alpha value is -1.48. The van der Waals surface area contributed by atoms with Gasteiger partial charge in [-0.1, -0.05) is 28.1 Å². The predicted octanol–water partition coefficient (Wildman–Crippen LogP) is 2.54. The molecule has 0 fully saturated rings. The van der Waals surface area contributed by atoms with Gasteiger partial charge in [-0.25, -0.2) is 0 Å². The summed E-state index contributed by atoms with van der Waals surface area (Å²) < 4.78 is 0.885. The average Bonchev–Trinajstić information content (AvgIpc) is 2.22. The number of halogens is 1. The van der Waals surface area contributed by atoms with E-state index in [-0.39, 0.29) is 11.6 Å². The van der Waals surface area contributed by atoms with Crippen LogP contribution in [-0.4, -0.2) is 11.6 Å². The molecule has 0 spiro atoms. The molecule has 1 aromatic rings. The second kappa shape index (κ2) is 3.95. The molecule has 0 N–H and O–H groups in total. The largest absolute Gasteiger partial charge is 0.290 e. The van der Waals surface area contributed by atoms with Crippen molar-refractivity contribution in [3.63, 3.8) is 0 Å². The van der Waals surface area contributed by atoms with Crippen LogP contribution in [0.2, 0.25) is 0 Å². The molecule has 0 heterocycles. The maximum atomic E-state index is 11.5. The molecule has 1 aliphatic rings. The molecule has 0 saturated heterocycles. The number of carbonyl (C=O) groups excluding carboxylic acids is 2.